The minimum atomic E-state index is -1.46. The predicted octanol–water partition coefficient (Wildman–Crippen LogP) is 0.710. The van der Waals surface area contributed by atoms with E-state index in [1.165, 1.54) is 0 Å². The molecule has 1 saturated heterocycles. The van der Waals surface area contributed by atoms with Crippen molar-refractivity contribution >= 4 is 11.8 Å². The number of likely N-dealkylation sites (tertiary alicyclic amines) is 1. The van der Waals surface area contributed by atoms with Crippen LogP contribution in [-0.4, -0.2) is 47.6 Å². The van der Waals surface area contributed by atoms with Crippen molar-refractivity contribution in [2.75, 3.05) is 19.6 Å². The van der Waals surface area contributed by atoms with Gasteiger partial charge in [0.15, 0.2) is 12.0 Å². The van der Waals surface area contributed by atoms with Crippen molar-refractivity contribution < 1.29 is 19.1 Å². The minimum Gasteiger partial charge on any atom is -0.481 e. The molecule has 1 fully saturated rings. The number of nitrogens with zero attached hydrogens (tertiary/aromatic N) is 1. The molecule has 1 aliphatic rings. The summed E-state index contributed by atoms with van der Waals surface area (Å²) in [6, 6.07) is 0. The summed E-state index contributed by atoms with van der Waals surface area (Å²) >= 11 is 0. The zero-order chi connectivity index (χ0) is 11.6. The smallest absolute Gasteiger partial charge is 0.310 e. The topological polar surface area (TPSA) is 57.6 Å². The van der Waals surface area contributed by atoms with E-state index < -0.39 is 17.6 Å². The van der Waals surface area contributed by atoms with Crippen LogP contribution in [-0.2, 0) is 9.59 Å². The molecule has 1 aliphatic heterocycles. The molecule has 15 heavy (non-hydrogen) atoms. The first kappa shape index (κ1) is 12.1. The molecule has 0 aromatic carbocycles. The van der Waals surface area contributed by atoms with E-state index in [2.05, 4.69) is 0 Å². The maximum atomic E-state index is 13.1. The van der Waals surface area contributed by atoms with Gasteiger partial charge in [0.1, 0.15) is 0 Å². The van der Waals surface area contributed by atoms with Crippen molar-refractivity contribution in [2.45, 2.75) is 26.4 Å². The number of ketones is 1. The number of halogens is 1. The van der Waals surface area contributed by atoms with E-state index in [0.29, 0.717) is 6.54 Å². The van der Waals surface area contributed by atoms with Gasteiger partial charge in [-0.05, 0) is 13.8 Å². The van der Waals surface area contributed by atoms with E-state index in [4.69, 9.17) is 5.11 Å². The predicted molar refractivity (Wildman–Crippen MR) is 52.4 cm³/mol. The quantitative estimate of drug-likeness (QED) is 0.756. The molecular formula is C10H16FNO3. The van der Waals surface area contributed by atoms with Crippen LogP contribution in [0.3, 0.4) is 0 Å². The average Bonchev–Trinajstić information content (AvgIpc) is 2.10. The Morgan fingerprint density at radius 1 is 1.67 bits per heavy atom. The number of carboxylic acids is 1. The van der Waals surface area contributed by atoms with E-state index in [0.717, 1.165) is 0 Å². The SMILES string of the molecule is CC(C)(CN1CCC(=O)C(F)C1)C(=O)O. The fourth-order valence-corrected chi connectivity index (χ4v) is 1.61. The molecule has 0 radical (unpaired) electrons. The monoisotopic (exact) mass is 217 g/mol. The van der Waals surface area contributed by atoms with Gasteiger partial charge < -0.3 is 5.11 Å². The van der Waals surface area contributed by atoms with Crippen LogP contribution >= 0.6 is 0 Å². The van der Waals surface area contributed by atoms with Gasteiger partial charge in [0, 0.05) is 26.1 Å². The third-order valence-corrected chi connectivity index (χ3v) is 2.64. The van der Waals surface area contributed by atoms with E-state index in [1.807, 2.05) is 0 Å². The van der Waals surface area contributed by atoms with Gasteiger partial charge in [-0.2, -0.15) is 0 Å². The molecule has 0 aromatic rings. The lowest BCUT2D eigenvalue weighted by molar-refractivity contribution is -0.148. The van der Waals surface area contributed by atoms with E-state index in [-0.39, 0.29) is 25.3 Å². The van der Waals surface area contributed by atoms with Crippen molar-refractivity contribution in [3.63, 3.8) is 0 Å². The van der Waals surface area contributed by atoms with Crippen molar-refractivity contribution in [3.05, 3.63) is 0 Å². The van der Waals surface area contributed by atoms with Crippen LogP contribution in [0.25, 0.3) is 0 Å². The third kappa shape index (κ3) is 2.99. The van der Waals surface area contributed by atoms with Gasteiger partial charge in [-0.25, -0.2) is 4.39 Å². The number of Topliss-reactive ketones (excluding diaryl/α,β-unsaturated/α-hetero) is 1. The number of alkyl halides is 1. The Morgan fingerprint density at radius 2 is 2.27 bits per heavy atom. The number of hydrogen-bond acceptors (Lipinski definition) is 3. The van der Waals surface area contributed by atoms with E-state index in [9.17, 15) is 14.0 Å². The first-order valence-electron chi connectivity index (χ1n) is 4.95. The van der Waals surface area contributed by atoms with Crippen molar-refractivity contribution in [3.8, 4) is 0 Å². The van der Waals surface area contributed by atoms with Gasteiger partial charge in [0.25, 0.3) is 0 Å². The molecule has 1 heterocycles. The Morgan fingerprint density at radius 3 is 2.73 bits per heavy atom. The van der Waals surface area contributed by atoms with Crippen LogP contribution in [0.4, 0.5) is 4.39 Å². The molecule has 0 amide bonds. The second kappa shape index (κ2) is 4.26. The normalized spacial score (nSPS) is 24.2. The lowest BCUT2D eigenvalue weighted by Gasteiger charge is -2.33. The van der Waals surface area contributed by atoms with Crippen LogP contribution < -0.4 is 0 Å². The summed E-state index contributed by atoms with van der Waals surface area (Å²) < 4.78 is 13.1. The molecule has 1 rings (SSSR count). The molecule has 1 unspecified atom stereocenters. The number of carboxylic acid groups (broad SMARTS) is 1. The number of carbonyl (C=O) groups is 2. The average molecular weight is 217 g/mol. The van der Waals surface area contributed by atoms with Gasteiger partial charge in [0.05, 0.1) is 5.41 Å². The Labute approximate surface area is 88.1 Å². The molecule has 86 valence electrons. The largest absolute Gasteiger partial charge is 0.481 e. The fraction of sp³-hybridized carbons (Fsp3) is 0.800. The summed E-state index contributed by atoms with van der Waals surface area (Å²) in [5.41, 5.74) is -0.903. The lowest BCUT2D eigenvalue weighted by Crippen LogP contribution is -2.47. The minimum absolute atomic E-state index is 0.0234. The van der Waals surface area contributed by atoms with Gasteiger partial charge in [-0.1, -0.05) is 0 Å². The molecular weight excluding hydrogens is 201 g/mol. The highest BCUT2D eigenvalue weighted by Crippen LogP contribution is 2.20. The highest BCUT2D eigenvalue weighted by atomic mass is 19.1. The molecule has 0 spiro atoms. The molecule has 5 heteroatoms. The van der Waals surface area contributed by atoms with Gasteiger partial charge in [-0.3, -0.25) is 14.5 Å². The summed E-state index contributed by atoms with van der Waals surface area (Å²) in [5, 5.41) is 8.90. The molecule has 1 N–H and O–H groups in total. The van der Waals surface area contributed by atoms with E-state index in [1.54, 1.807) is 18.7 Å². The number of piperidine rings is 1. The second-order valence-corrected chi connectivity index (χ2v) is 4.61. The molecule has 0 saturated carbocycles. The van der Waals surface area contributed by atoms with Crippen LogP contribution in [0, 0.1) is 5.41 Å². The molecule has 0 aromatic heterocycles. The van der Waals surface area contributed by atoms with Crippen LogP contribution in [0.5, 0.6) is 0 Å². The zero-order valence-corrected chi connectivity index (χ0v) is 8.99. The van der Waals surface area contributed by atoms with Crippen molar-refractivity contribution in [1.82, 2.24) is 4.90 Å². The standard InChI is InChI=1S/C10H16FNO3/c1-10(2,9(14)15)6-12-4-3-8(13)7(11)5-12/h7H,3-6H2,1-2H3,(H,14,15). The van der Waals surface area contributed by atoms with Crippen molar-refractivity contribution in [1.29, 1.82) is 0 Å². The van der Waals surface area contributed by atoms with E-state index >= 15 is 0 Å². The number of aliphatic carboxylic acids is 1. The third-order valence-electron chi connectivity index (χ3n) is 2.64. The Bertz CT molecular complexity index is 278. The molecule has 0 bridgehead atoms. The summed E-state index contributed by atoms with van der Waals surface area (Å²) in [6.45, 7) is 3.94. The maximum Gasteiger partial charge on any atom is 0.310 e. The van der Waals surface area contributed by atoms with Crippen LogP contribution in [0.15, 0.2) is 0 Å². The van der Waals surface area contributed by atoms with Gasteiger partial charge >= 0.3 is 5.97 Å². The van der Waals surface area contributed by atoms with Crippen LogP contribution in [0.2, 0.25) is 0 Å². The summed E-state index contributed by atoms with van der Waals surface area (Å²) in [7, 11) is 0. The number of hydrogen-bond donors (Lipinski definition) is 1. The Kier molecular flexibility index (Phi) is 3.44. The number of rotatable bonds is 3. The zero-order valence-electron chi connectivity index (χ0n) is 8.99. The highest BCUT2D eigenvalue weighted by molar-refractivity contribution is 5.84. The van der Waals surface area contributed by atoms with Crippen LogP contribution in [0.1, 0.15) is 20.3 Å². The summed E-state index contributed by atoms with van der Waals surface area (Å²) in [6.07, 6.45) is -1.28. The molecule has 1 atom stereocenters. The van der Waals surface area contributed by atoms with Crippen molar-refractivity contribution in [2.24, 2.45) is 5.41 Å². The van der Waals surface area contributed by atoms with Gasteiger partial charge in [-0.15, -0.1) is 0 Å². The summed E-state index contributed by atoms with van der Waals surface area (Å²) in [5.74, 6) is -1.28. The second-order valence-electron chi connectivity index (χ2n) is 4.61. The molecule has 0 aliphatic carbocycles. The lowest BCUT2D eigenvalue weighted by atomic mass is 9.92. The van der Waals surface area contributed by atoms with Gasteiger partial charge in [0.2, 0.25) is 0 Å². The Hall–Kier alpha value is -0.970. The first-order valence-corrected chi connectivity index (χ1v) is 4.95. The Balaban J connectivity index is 2.53. The highest BCUT2D eigenvalue weighted by Gasteiger charge is 2.34. The summed E-state index contributed by atoms with van der Waals surface area (Å²) in [4.78, 5) is 23.5. The molecule has 4 nitrogen and oxygen atoms in total. The fourth-order valence-electron chi connectivity index (χ4n) is 1.61. The first-order chi connectivity index (χ1) is 6.83. The number of carbonyl (C=O) groups excluding carboxylic acids is 1. The maximum absolute atomic E-state index is 13.1.